The quantitative estimate of drug-likeness (QED) is 0.713. The van der Waals surface area contributed by atoms with E-state index in [2.05, 4.69) is 17.2 Å². The molecule has 1 aliphatic carbocycles. The number of H-pyrrole nitrogens is 1. The van der Waals surface area contributed by atoms with Crippen LogP contribution >= 0.6 is 11.6 Å². The molecule has 1 heterocycles. The Kier molecular flexibility index (Phi) is 5.26. The van der Waals surface area contributed by atoms with Crippen LogP contribution in [0.2, 0.25) is 5.02 Å². The molecular formula is C19H23ClF2N2O2. The molecule has 1 amide bonds. The molecule has 0 atom stereocenters. The second-order valence-corrected chi connectivity index (χ2v) is 7.55. The number of aryl methyl sites for hydroxylation is 1. The molecule has 3 rings (SSSR count). The molecule has 4 nitrogen and oxygen atoms in total. The van der Waals surface area contributed by atoms with Crippen LogP contribution < -0.4 is 5.32 Å². The van der Waals surface area contributed by atoms with E-state index in [0.717, 1.165) is 29.3 Å². The van der Waals surface area contributed by atoms with Gasteiger partial charge in [0.05, 0.1) is 21.7 Å². The van der Waals surface area contributed by atoms with Crippen LogP contribution in [0.4, 0.5) is 8.78 Å². The smallest absolute Gasteiger partial charge is 0.252 e. The van der Waals surface area contributed by atoms with Crippen molar-refractivity contribution in [2.75, 3.05) is 6.54 Å². The van der Waals surface area contributed by atoms with Crippen LogP contribution in [0.3, 0.4) is 0 Å². The molecule has 26 heavy (non-hydrogen) atoms. The lowest BCUT2D eigenvalue weighted by Gasteiger charge is -2.35. The Morgan fingerprint density at radius 2 is 2.04 bits per heavy atom. The molecule has 1 aromatic heterocycles. The molecule has 0 unspecified atom stereocenters. The molecule has 0 aliphatic heterocycles. The molecule has 1 saturated carbocycles. The van der Waals surface area contributed by atoms with E-state index in [1.165, 1.54) is 0 Å². The van der Waals surface area contributed by atoms with Crippen molar-refractivity contribution < 1.29 is 18.7 Å². The number of hydrogen-bond donors (Lipinski definition) is 3. The van der Waals surface area contributed by atoms with Gasteiger partial charge in [-0.05, 0) is 37.0 Å². The lowest BCUT2D eigenvalue weighted by atomic mass is 9.82. The van der Waals surface area contributed by atoms with Crippen LogP contribution in [0.25, 0.3) is 10.9 Å². The zero-order valence-corrected chi connectivity index (χ0v) is 15.4. The van der Waals surface area contributed by atoms with E-state index in [1.807, 2.05) is 6.07 Å². The summed E-state index contributed by atoms with van der Waals surface area (Å²) in [6.07, 6.45) is 2.70. The van der Waals surface area contributed by atoms with Crippen molar-refractivity contribution >= 4 is 28.4 Å². The van der Waals surface area contributed by atoms with Gasteiger partial charge in [-0.1, -0.05) is 24.9 Å². The number of aromatic nitrogens is 1. The Morgan fingerprint density at radius 1 is 1.35 bits per heavy atom. The normalized spacial score (nSPS) is 18.8. The molecular weight excluding hydrogens is 362 g/mol. The third-order valence-electron chi connectivity index (χ3n) is 5.11. The topological polar surface area (TPSA) is 65.1 Å². The Bertz CT molecular complexity index is 809. The van der Waals surface area contributed by atoms with Crippen molar-refractivity contribution in [2.24, 2.45) is 0 Å². The number of aliphatic hydroxyl groups is 1. The summed E-state index contributed by atoms with van der Waals surface area (Å²) < 4.78 is 26.6. The number of aromatic amines is 1. The van der Waals surface area contributed by atoms with Crippen LogP contribution in [-0.2, 0) is 6.42 Å². The maximum absolute atomic E-state index is 13.3. The van der Waals surface area contributed by atoms with Gasteiger partial charge in [0, 0.05) is 31.0 Å². The fourth-order valence-corrected chi connectivity index (χ4v) is 3.80. The molecule has 1 fully saturated rings. The summed E-state index contributed by atoms with van der Waals surface area (Å²) >= 11 is 6.40. The average molecular weight is 385 g/mol. The maximum atomic E-state index is 13.3. The summed E-state index contributed by atoms with van der Waals surface area (Å²) in [5.74, 6) is -3.13. The van der Waals surface area contributed by atoms with Crippen molar-refractivity contribution in [1.29, 1.82) is 0 Å². The van der Waals surface area contributed by atoms with Crippen molar-refractivity contribution in [3.05, 3.63) is 34.5 Å². The van der Waals surface area contributed by atoms with Crippen LogP contribution in [0, 0.1) is 0 Å². The lowest BCUT2D eigenvalue weighted by molar-refractivity contribution is -0.101. The molecule has 3 N–H and O–H groups in total. The van der Waals surface area contributed by atoms with Gasteiger partial charge in [-0.3, -0.25) is 4.79 Å². The lowest BCUT2D eigenvalue weighted by Crippen LogP contribution is -2.47. The fourth-order valence-electron chi connectivity index (χ4n) is 3.50. The number of halogens is 3. The first-order valence-corrected chi connectivity index (χ1v) is 9.29. The molecule has 7 heteroatoms. The molecule has 1 aromatic carbocycles. The van der Waals surface area contributed by atoms with Gasteiger partial charge in [0.1, 0.15) is 0 Å². The summed E-state index contributed by atoms with van der Waals surface area (Å²) in [5.41, 5.74) is 0.959. The molecule has 1 aliphatic rings. The second-order valence-electron chi connectivity index (χ2n) is 7.18. The molecule has 0 radical (unpaired) electrons. The van der Waals surface area contributed by atoms with Gasteiger partial charge >= 0.3 is 0 Å². The monoisotopic (exact) mass is 384 g/mol. The minimum atomic E-state index is -2.73. The SMILES string of the molecule is CCCc1cc(C(=O)NCC2(O)CCC(F)(F)CC2)c(Cl)c2cc[nH]c12. The number of rotatable bonds is 5. The highest BCUT2D eigenvalue weighted by Crippen LogP contribution is 2.38. The van der Waals surface area contributed by atoms with Crippen LogP contribution in [0.15, 0.2) is 18.3 Å². The van der Waals surface area contributed by atoms with Gasteiger partial charge in [0.25, 0.3) is 5.91 Å². The zero-order valence-electron chi connectivity index (χ0n) is 14.7. The number of carbonyl (C=O) groups is 1. The number of benzene rings is 1. The number of alkyl halides is 2. The summed E-state index contributed by atoms with van der Waals surface area (Å²) in [5, 5.41) is 14.3. The Balaban J connectivity index is 1.77. The first kappa shape index (κ1) is 19.1. The van der Waals surface area contributed by atoms with E-state index in [0.29, 0.717) is 10.6 Å². The van der Waals surface area contributed by atoms with E-state index >= 15 is 0 Å². The highest BCUT2D eigenvalue weighted by Gasteiger charge is 2.42. The molecule has 0 spiro atoms. The summed E-state index contributed by atoms with van der Waals surface area (Å²) in [7, 11) is 0. The highest BCUT2D eigenvalue weighted by molar-refractivity contribution is 6.38. The van der Waals surface area contributed by atoms with Gasteiger partial charge < -0.3 is 15.4 Å². The Morgan fingerprint density at radius 3 is 2.69 bits per heavy atom. The zero-order chi connectivity index (χ0) is 18.9. The third-order valence-corrected chi connectivity index (χ3v) is 5.52. The van der Waals surface area contributed by atoms with Gasteiger partial charge in [-0.15, -0.1) is 0 Å². The number of nitrogens with one attached hydrogen (secondary N) is 2. The number of amides is 1. The first-order valence-electron chi connectivity index (χ1n) is 8.91. The average Bonchev–Trinajstić information content (AvgIpc) is 3.09. The van der Waals surface area contributed by atoms with E-state index < -0.39 is 17.4 Å². The van der Waals surface area contributed by atoms with Gasteiger partial charge in [0.2, 0.25) is 5.92 Å². The Hall–Kier alpha value is -1.66. The van der Waals surface area contributed by atoms with Gasteiger partial charge in [-0.25, -0.2) is 8.78 Å². The van der Waals surface area contributed by atoms with Crippen molar-refractivity contribution in [3.63, 3.8) is 0 Å². The standard InChI is InChI=1S/C19H23ClF2N2O2/c1-2-3-12-10-14(15(20)13-4-9-23-16(12)13)17(25)24-11-18(26)5-7-19(21,22)8-6-18/h4,9-10,23,26H,2-3,5-8,11H2,1H3,(H,24,25). The number of fused-ring (bicyclic) bond motifs is 1. The van der Waals surface area contributed by atoms with E-state index in [1.54, 1.807) is 12.3 Å². The van der Waals surface area contributed by atoms with Gasteiger partial charge in [-0.2, -0.15) is 0 Å². The van der Waals surface area contributed by atoms with Crippen molar-refractivity contribution in [3.8, 4) is 0 Å². The summed E-state index contributed by atoms with van der Waals surface area (Å²) in [6.45, 7) is 1.99. The first-order chi connectivity index (χ1) is 12.2. The summed E-state index contributed by atoms with van der Waals surface area (Å²) in [4.78, 5) is 15.8. The van der Waals surface area contributed by atoms with Crippen LogP contribution in [0.1, 0.15) is 54.9 Å². The van der Waals surface area contributed by atoms with Crippen molar-refractivity contribution in [1.82, 2.24) is 10.3 Å². The fraction of sp³-hybridized carbons (Fsp3) is 0.526. The van der Waals surface area contributed by atoms with Crippen LogP contribution in [0.5, 0.6) is 0 Å². The molecule has 142 valence electrons. The van der Waals surface area contributed by atoms with Crippen LogP contribution in [-0.4, -0.2) is 34.1 Å². The molecule has 0 saturated heterocycles. The predicted molar refractivity (Wildman–Crippen MR) is 98.0 cm³/mol. The predicted octanol–water partition coefficient (Wildman–Crippen LogP) is 4.44. The minimum absolute atomic E-state index is 0.0358. The third kappa shape index (κ3) is 3.86. The highest BCUT2D eigenvalue weighted by atomic mass is 35.5. The van der Waals surface area contributed by atoms with Gasteiger partial charge in [0.15, 0.2) is 0 Å². The van der Waals surface area contributed by atoms with E-state index in [9.17, 15) is 18.7 Å². The van der Waals surface area contributed by atoms with E-state index in [4.69, 9.17) is 11.6 Å². The number of hydrogen-bond acceptors (Lipinski definition) is 2. The second kappa shape index (κ2) is 7.16. The Labute approximate surface area is 155 Å². The summed E-state index contributed by atoms with van der Waals surface area (Å²) in [6, 6.07) is 3.59. The largest absolute Gasteiger partial charge is 0.388 e. The number of carbonyl (C=O) groups excluding carboxylic acids is 1. The minimum Gasteiger partial charge on any atom is -0.388 e. The van der Waals surface area contributed by atoms with Crippen molar-refractivity contribution in [2.45, 2.75) is 57.0 Å². The van der Waals surface area contributed by atoms with E-state index in [-0.39, 0.29) is 32.2 Å². The molecule has 0 bridgehead atoms. The molecule has 2 aromatic rings. The maximum Gasteiger partial charge on any atom is 0.252 e.